The highest BCUT2D eigenvalue weighted by atomic mass is 35.5. The molecule has 0 aliphatic carbocycles. The molecule has 32 heavy (non-hydrogen) atoms. The predicted octanol–water partition coefficient (Wildman–Crippen LogP) is 6.27. The average Bonchev–Trinajstić information content (AvgIpc) is 3.39. The summed E-state index contributed by atoms with van der Waals surface area (Å²) < 4.78 is 84.6. The molecule has 5 nitrogen and oxygen atoms in total. The summed E-state index contributed by atoms with van der Waals surface area (Å²) in [5, 5.41) is 7.50. The van der Waals surface area contributed by atoms with Crippen LogP contribution in [0.15, 0.2) is 42.6 Å². The van der Waals surface area contributed by atoms with E-state index < -0.39 is 35.0 Å². The van der Waals surface area contributed by atoms with Crippen LogP contribution in [0.5, 0.6) is 0 Å². The van der Waals surface area contributed by atoms with Gasteiger partial charge in [-0.25, -0.2) is 0 Å². The molecule has 0 aliphatic heterocycles. The molecule has 0 fully saturated rings. The molecule has 13 heteroatoms. The zero-order valence-electron chi connectivity index (χ0n) is 16.0. The van der Waals surface area contributed by atoms with Gasteiger partial charge in [-0.05, 0) is 41.5 Å². The minimum atomic E-state index is -4.98. The van der Waals surface area contributed by atoms with Gasteiger partial charge in [0, 0.05) is 24.2 Å². The van der Waals surface area contributed by atoms with Crippen molar-refractivity contribution in [2.75, 3.05) is 5.73 Å². The summed E-state index contributed by atoms with van der Waals surface area (Å²) in [6.45, 7) is 0. The number of anilines is 1. The number of alkyl halides is 6. The van der Waals surface area contributed by atoms with Crippen molar-refractivity contribution in [3.8, 4) is 27.4 Å². The highest BCUT2D eigenvalue weighted by molar-refractivity contribution is 7.19. The molecule has 0 atom stereocenters. The Balaban J connectivity index is 2.01. The van der Waals surface area contributed by atoms with Gasteiger partial charge < -0.3 is 5.73 Å². The smallest absolute Gasteiger partial charge is 0.383 e. The average molecular weight is 492 g/mol. The molecule has 4 aromatic rings. The third kappa shape index (κ3) is 4.07. The fourth-order valence-electron chi connectivity index (χ4n) is 3.15. The number of nitrogens with two attached hydrogens (primary N) is 1. The summed E-state index contributed by atoms with van der Waals surface area (Å²) in [4.78, 5) is 0.353. The van der Waals surface area contributed by atoms with Gasteiger partial charge in [0.15, 0.2) is 11.5 Å². The molecule has 0 saturated heterocycles. The normalized spacial score (nSPS) is 12.5. The van der Waals surface area contributed by atoms with Crippen molar-refractivity contribution < 1.29 is 26.3 Å². The Morgan fingerprint density at radius 2 is 1.62 bits per heavy atom. The van der Waals surface area contributed by atoms with E-state index in [-0.39, 0.29) is 16.9 Å². The molecule has 0 radical (unpaired) electrons. The lowest BCUT2D eigenvalue weighted by Crippen LogP contribution is -2.09. The number of thiophene rings is 1. The molecule has 0 saturated carbocycles. The molecule has 0 bridgehead atoms. The van der Waals surface area contributed by atoms with Crippen molar-refractivity contribution in [2.45, 2.75) is 12.4 Å². The summed E-state index contributed by atoms with van der Waals surface area (Å²) in [5.41, 5.74) is 2.42. The van der Waals surface area contributed by atoms with Crippen LogP contribution in [0.25, 0.3) is 27.4 Å². The Bertz CT molecular complexity index is 1300. The van der Waals surface area contributed by atoms with Gasteiger partial charge in [0.2, 0.25) is 0 Å². The molecule has 2 N–H and O–H groups in total. The fourth-order valence-corrected chi connectivity index (χ4v) is 4.18. The molecular formula is C19H12ClF6N5S. The van der Waals surface area contributed by atoms with E-state index in [4.69, 9.17) is 17.3 Å². The zero-order valence-corrected chi connectivity index (χ0v) is 17.5. The predicted molar refractivity (Wildman–Crippen MR) is 109 cm³/mol. The van der Waals surface area contributed by atoms with Crippen LogP contribution in [0.1, 0.15) is 11.3 Å². The van der Waals surface area contributed by atoms with Crippen molar-refractivity contribution in [1.82, 2.24) is 19.6 Å². The van der Waals surface area contributed by atoms with E-state index in [0.29, 0.717) is 15.3 Å². The third-order valence-electron chi connectivity index (χ3n) is 4.51. The first-order valence-electron chi connectivity index (χ1n) is 8.78. The van der Waals surface area contributed by atoms with E-state index >= 15 is 0 Å². The maximum Gasteiger partial charge on any atom is 0.435 e. The molecule has 3 aromatic heterocycles. The van der Waals surface area contributed by atoms with E-state index in [2.05, 4.69) is 10.2 Å². The first-order valence-corrected chi connectivity index (χ1v) is 9.98. The number of aromatic nitrogens is 4. The maximum absolute atomic E-state index is 13.8. The summed E-state index contributed by atoms with van der Waals surface area (Å²) in [7, 11) is 1.54. The van der Waals surface area contributed by atoms with Crippen LogP contribution in [0.4, 0.5) is 32.2 Å². The number of benzene rings is 1. The number of nitrogens with zero attached hydrogens (tertiary/aromatic N) is 4. The van der Waals surface area contributed by atoms with Crippen molar-refractivity contribution in [3.05, 3.63) is 58.2 Å². The van der Waals surface area contributed by atoms with Gasteiger partial charge in [-0.15, -0.1) is 11.3 Å². The van der Waals surface area contributed by atoms with Crippen LogP contribution >= 0.6 is 22.9 Å². The van der Waals surface area contributed by atoms with Crippen LogP contribution < -0.4 is 5.73 Å². The minimum Gasteiger partial charge on any atom is -0.383 e. The molecule has 3 heterocycles. The Morgan fingerprint density at radius 1 is 0.938 bits per heavy atom. The van der Waals surface area contributed by atoms with Crippen LogP contribution in [-0.4, -0.2) is 19.6 Å². The van der Waals surface area contributed by atoms with Crippen LogP contribution in [0, 0.1) is 0 Å². The first-order chi connectivity index (χ1) is 14.8. The second-order valence-corrected chi connectivity index (χ2v) is 8.48. The lowest BCUT2D eigenvalue weighted by atomic mass is 9.98. The van der Waals surface area contributed by atoms with Crippen LogP contribution in [-0.2, 0) is 19.4 Å². The van der Waals surface area contributed by atoms with Crippen molar-refractivity contribution in [3.63, 3.8) is 0 Å². The minimum absolute atomic E-state index is 0.0148. The SMILES string of the molecule is Cn1ccc(-n2nc(C(F)(F)F)c(-c3cc(-c4ccc(Cl)s4)cc(C(F)(F)F)c3)c2N)n1. The summed E-state index contributed by atoms with van der Waals surface area (Å²) in [6, 6.07) is 7.00. The number of aryl methyl sites for hydroxylation is 1. The van der Waals surface area contributed by atoms with Gasteiger partial charge in [0.25, 0.3) is 0 Å². The highest BCUT2D eigenvalue weighted by Gasteiger charge is 2.41. The summed E-state index contributed by atoms with van der Waals surface area (Å²) in [5.74, 6) is -0.510. The molecule has 1 aromatic carbocycles. The lowest BCUT2D eigenvalue weighted by Gasteiger charge is -2.13. The van der Waals surface area contributed by atoms with Crippen LogP contribution in [0.2, 0.25) is 4.34 Å². The zero-order chi connectivity index (χ0) is 23.4. The molecule has 0 spiro atoms. The van der Waals surface area contributed by atoms with E-state index in [0.717, 1.165) is 22.1 Å². The van der Waals surface area contributed by atoms with Crippen molar-refractivity contribution in [2.24, 2.45) is 7.05 Å². The molecule has 4 rings (SSSR count). The van der Waals surface area contributed by atoms with E-state index in [1.54, 1.807) is 7.05 Å². The van der Waals surface area contributed by atoms with E-state index in [1.165, 1.54) is 35.1 Å². The summed E-state index contributed by atoms with van der Waals surface area (Å²) >= 11 is 6.88. The number of rotatable bonds is 3. The van der Waals surface area contributed by atoms with Gasteiger partial charge in [0.1, 0.15) is 5.82 Å². The number of halogens is 7. The van der Waals surface area contributed by atoms with Crippen molar-refractivity contribution >= 4 is 28.8 Å². The molecule has 0 amide bonds. The third-order valence-corrected chi connectivity index (χ3v) is 5.79. The Morgan fingerprint density at radius 3 is 2.16 bits per heavy atom. The monoisotopic (exact) mass is 491 g/mol. The number of hydrogen-bond acceptors (Lipinski definition) is 4. The van der Waals surface area contributed by atoms with Gasteiger partial charge in [-0.1, -0.05) is 11.6 Å². The van der Waals surface area contributed by atoms with Gasteiger partial charge in [0.05, 0.1) is 15.5 Å². The maximum atomic E-state index is 13.8. The Hall–Kier alpha value is -2.99. The lowest BCUT2D eigenvalue weighted by molar-refractivity contribution is -0.140. The number of nitrogen functional groups attached to an aromatic ring is 1. The first kappa shape index (κ1) is 22.2. The van der Waals surface area contributed by atoms with Crippen LogP contribution in [0.3, 0.4) is 0 Å². The van der Waals surface area contributed by atoms with Crippen molar-refractivity contribution in [1.29, 1.82) is 0 Å². The van der Waals surface area contributed by atoms with E-state index in [9.17, 15) is 26.3 Å². The molecule has 0 aliphatic rings. The van der Waals surface area contributed by atoms with Gasteiger partial charge in [-0.3, -0.25) is 4.68 Å². The van der Waals surface area contributed by atoms with E-state index in [1.807, 2.05) is 0 Å². The standard InChI is InChI=1S/C19H12ClF6N5S/c1-30-5-4-14(28-30)31-17(27)15(16(29-31)19(24,25)26)10-6-9(12-2-3-13(20)32-12)7-11(8-10)18(21,22)23/h2-8H,27H2,1H3. The molecule has 0 unspecified atom stereocenters. The number of hydrogen-bond donors (Lipinski definition) is 1. The molecule has 168 valence electrons. The fraction of sp³-hybridized carbons (Fsp3) is 0.158. The topological polar surface area (TPSA) is 61.7 Å². The quantitative estimate of drug-likeness (QED) is 0.343. The van der Waals surface area contributed by atoms with Gasteiger partial charge in [-0.2, -0.15) is 41.2 Å². The second kappa shape index (κ2) is 7.55. The van der Waals surface area contributed by atoms with Gasteiger partial charge >= 0.3 is 12.4 Å². The Kier molecular flexibility index (Phi) is 5.24. The highest BCUT2D eigenvalue weighted by Crippen LogP contribution is 2.44. The second-order valence-electron chi connectivity index (χ2n) is 6.77. The molecular weight excluding hydrogens is 480 g/mol. The Labute approximate surface area is 185 Å². The summed E-state index contributed by atoms with van der Waals surface area (Å²) in [6.07, 6.45) is -8.33. The largest absolute Gasteiger partial charge is 0.435 e.